The zero-order valence-electron chi connectivity index (χ0n) is 14.8. The molecule has 1 amide bonds. The van der Waals surface area contributed by atoms with Crippen molar-refractivity contribution in [3.63, 3.8) is 0 Å². The van der Waals surface area contributed by atoms with Crippen molar-refractivity contribution >= 4 is 38.3 Å². The average Bonchev–Trinajstić information content (AvgIpc) is 3.06. The number of fused-ring (bicyclic) bond motifs is 1. The van der Waals surface area contributed by atoms with E-state index in [0.29, 0.717) is 21.8 Å². The lowest BCUT2D eigenvalue weighted by molar-refractivity contribution is -0.384. The maximum absolute atomic E-state index is 12.1. The minimum atomic E-state index is -0.444. The van der Waals surface area contributed by atoms with Gasteiger partial charge in [-0.2, -0.15) is 0 Å². The van der Waals surface area contributed by atoms with Crippen LogP contribution in [-0.4, -0.2) is 22.9 Å². The summed E-state index contributed by atoms with van der Waals surface area (Å²) in [6.45, 7) is 0. The highest BCUT2D eigenvalue weighted by Crippen LogP contribution is 2.29. The van der Waals surface area contributed by atoms with E-state index in [2.05, 4.69) is 10.3 Å². The largest absolute Gasteiger partial charge is 0.497 e. The second-order valence-corrected chi connectivity index (χ2v) is 7.06. The predicted molar refractivity (Wildman–Crippen MR) is 105 cm³/mol. The van der Waals surface area contributed by atoms with Crippen LogP contribution in [0.1, 0.15) is 24.8 Å². The lowest BCUT2D eigenvalue weighted by atomic mass is 10.1. The van der Waals surface area contributed by atoms with E-state index in [1.54, 1.807) is 13.2 Å². The van der Waals surface area contributed by atoms with Gasteiger partial charge in [-0.05, 0) is 43.0 Å². The number of thiazole rings is 1. The first kappa shape index (κ1) is 18.8. The summed E-state index contributed by atoms with van der Waals surface area (Å²) in [5.74, 6) is 0.734. The number of carbonyl (C=O) groups excluding carboxylic acids is 1. The van der Waals surface area contributed by atoms with E-state index in [1.165, 1.54) is 29.0 Å². The zero-order chi connectivity index (χ0) is 19.2. The van der Waals surface area contributed by atoms with Gasteiger partial charge in [-0.15, -0.1) is 0 Å². The Morgan fingerprint density at radius 1 is 1.22 bits per heavy atom. The van der Waals surface area contributed by atoms with Gasteiger partial charge in [0, 0.05) is 18.6 Å². The number of nitro groups is 1. The molecule has 1 N–H and O–H groups in total. The van der Waals surface area contributed by atoms with Crippen molar-refractivity contribution in [1.82, 2.24) is 4.98 Å². The van der Waals surface area contributed by atoms with Gasteiger partial charge >= 0.3 is 0 Å². The number of amides is 1. The van der Waals surface area contributed by atoms with Gasteiger partial charge in [0.2, 0.25) is 5.91 Å². The molecule has 1 heterocycles. The van der Waals surface area contributed by atoms with Gasteiger partial charge in [0.1, 0.15) is 5.75 Å². The number of aryl methyl sites for hydroxylation is 1. The number of non-ortho nitro benzene ring substituents is 1. The van der Waals surface area contributed by atoms with Crippen molar-refractivity contribution in [1.29, 1.82) is 0 Å². The summed E-state index contributed by atoms with van der Waals surface area (Å²) in [5.41, 5.74) is 1.87. The summed E-state index contributed by atoms with van der Waals surface area (Å²) >= 11 is 1.24. The minimum Gasteiger partial charge on any atom is -0.497 e. The topological polar surface area (TPSA) is 94.4 Å². The van der Waals surface area contributed by atoms with Crippen LogP contribution in [0.5, 0.6) is 5.75 Å². The molecule has 3 aromatic rings. The molecule has 8 heteroatoms. The standard InChI is InChI=1S/C19H19N3O4S/c1-26-15-9-6-13(7-10-15)4-2-3-5-18(23)21-19-20-16-11-8-14(22(24)25)12-17(16)27-19/h6-12H,2-5H2,1H3,(H,20,21,23). The smallest absolute Gasteiger partial charge is 0.270 e. The molecule has 0 saturated heterocycles. The van der Waals surface area contributed by atoms with Crippen LogP contribution in [0.4, 0.5) is 10.8 Å². The first-order valence-electron chi connectivity index (χ1n) is 8.53. The number of hydrogen-bond acceptors (Lipinski definition) is 6. The number of aromatic nitrogens is 1. The van der Waals surface area contributed by atoms with E-state index in [0.717, 1.165) is 25.0 Å². The van der Waals surface area contributed by atoms with E-state index in [-0.39, 0.29) is 11.6 Å². The highest BCUT2D eigenvalue weighted by atomic mass is 32.1. The Hall–Kier alpha value is -3.00. The Balaban J connectivity index is 1.47. The van der Waals surface area contributed by atoms with Crippen LogP contribution >= 0.6 is 11.3 Å². The van der Waals surface area contributed by atoms with Crippen molar-refractivity contribution in [2.45, 2.75) is 25.7 Å². The molecule has 0 fully saturated rings. The molecule has 140 valence electrons. The number of rotatable bonds is 8. The normalized spacial score (nSPS) is 10.7. The second kappa shape index (κ2) is 8.59. The second-order valence-electron chi connectivity index (χ2n) is 6.03. The van der Waals surface area contributed by atoms with Gasteiger partial charge in [-0.25, -0.2) is 4.98 Å². The molecule has 0 atom stereocenters. The summed E-state index contributed by atoms with van der Waals surface area (Å²) in [6, 6.07) is 12.4. The van der Waals surface area contributed by atoms with E-state index >= 15 is 0 Å². The fraction of sp³-hybridized carbons (Fsp3) is 0.263. The lowest BCUT2D eigenvalue weighted by Crippen LogP contribution is -2.10. The Morgan fingerprint density at radius 3 is 2.70 bits per heavy atom. The molecular weight excluding hydrogens is 366 g/mol. The summed E-state index contributed by atoms with van der Waals surface area (Å²) in [7, 11) is 1.64. The maximum Gasteiger partial charge on any atom is 0.270 e. The fourth-order valence-electron chi connectivity index (χ4n) is 2.67. The Kier molecular flexibility index (Phi) is 5.97. The van der Waals surface area contributed by atoms with E-state index in [1.807, 2.05) is 24.3 Å². The number of ether oxygens (including phenoxy) is 1. The third-order valence-electron chi connectivity index (χ3n) is 4.11. The maximum atomic E-state index is 12.1. The molecule has 0 spiro atoms. The van der Waals surface area contributed by atoms with E-state index < -0.39 is 4.92 Å². The van der Waals surface area contributed by atoms with Gasteiger partial charge in [0.15, 0.2) is 5.13 Å². The monoisotopic (exact) mass is 385 g/mol. The van der Waals surface area contributed by atoms with Gasteiger partial charge in [0.05, 0.1) is 22.2 Å². The van der Waals surface area contributed by atoms with Crippen molar-refractivity contribution in [3.8, 4) is 5.75 Å². The molecule has 2 aromatic carbocycles. The Labute approximate surface area is 160 Å². The number of nitrogens with zero attached hydrogens (tertiary/aromatic N) is 2. The number of anilines is 1. The first-order valence-corrected chi connectivity index (χ1v) is 9.34. The Morgan fingerprint density at radius 2 is 2.00 bits per heavy atom. The zero-order valence-corrected chi connectivity index (χ0v) is 15.6. The number of carbonyl (C=O) groups is 1. The predicted octanol–water partition coefficient (Wildman–Crippen LogP) is 4.56. The van der Waals surface area contributed by atoms with Crippen LogP contribution in [-0.2, 0) is 11.2 Å². The molecule has 0 aliphatic heterocycles. The summed E-state index contributed by atoms with van der Waals surface area (Å²) < 4.78 is 5.81. The highest BCUT2D eigenvalue weighted by Gasteiger charge is 2.12. The third-order valence-corrected chi connectivity index (χ3v) is 5.04. The number of methoxy groups -OCH3 is 1. The molecule has 7 nitrogen and oxygen atoms in total. The minimum absolute atomic E-state index is 0.0163. The van der Waals surface area contributed by atoms with E-state index in [4.69, 9.17) is 4.74 Å². The van der Waals surface area contributed by atoms with Crippen LogP contribution in [0.25, 0.3) is 10.2 Å². The van der Waals surface area contributed by atoms with Crippen molar-refractivity contribution in [2.24, 2.45) is 0 Å². The summed E-state index contributed by atoms with van der Waals surface area (Å²) in [6.07, 6.45) is 2.99. The average molecular weight is 385 g/mol. The van der Waals surface area contributed by atoms with Gasteiger partial charge in [-0.3, -0.25) is 14.9 Å². The van der Waals surface area contributed by atoms with Crippen molar-refractivity contribution < 1.29 is 14.5 Å². The van der Waals surface area contributed by atoms with Crippen LogP contribution < -0.4 is 10.1 Å². The quantitative estimate of drug-likeness (QED) is 0.348. The molecule has 0 aliphatic rings. The van der Waals surface area contributed by atoms with Crippen molar-refractivity contribution in [3.05, 3.63) is 58.1 Å². The molecule has 0 unspecified atom stereocenters. The lowest BCUT2D eigenvalue weighted by Gasteiger charge is -2.04. The third kappa shape index (κ3) is 5.01. The fourth-order valence-corrected chi connectivity index (χ4v) is 3.58. The summed E-state index contributed by atoms with van der Waals surface area (Å²) in [5, 5.41) is 14.1. The van der Waals surface area contributed by atoms with Crippen molar-refractivity contribution in [2.75, 3.05) is 12.4 Å². The van der Waals surface area contributed by atoms with Crippen LogP contribution in [0.2, 0.25) is 0 Å². The van der Waals surface area contributed by atoms with E-state index in [9.17, 15) is 14.9 Å². The number of nitro benzene ring substituents is 1. The molecular formula is C19H19N3O4S. The number of nitrogens with one attached hydrogen (secondary N) is 1. The molecule has 0 bridgehead atoms. The Bertz CT molecular complexity index is 953. The van der Waals surface area contributed by atoms with Crippen LogP contribution in [0.15, 0.2) is 42.5 Å². The van der Waals surface area contributed by atoms with Gasteiger partial charge in [-0.1, -0.05) is 23.5 Å². The van der Waals surface area contributed by atoms with Crippen LogP contribution in [0, 0.1) is 10.1 Å². The number of benzene rings is 2. The highest BCUT2D eigenvalue weighted by molar-refractivity contribution is 7.22. The van der Waals surface area contributed by atoms with Crippen LogP contribution in [0.3, 0.4) is 0 Å². The van der Waals surface area contributed by atoms with Gasteiger partial charge in [0.25, 0.3) is 5.69 Å². The first-order chi connectivity index (χ1) is 13.0. The number of hydrogen-bond donors (Lipinski definition) is 1. The molecule has 3 rings (SSSR count). The SMILES string of the molecule is COc1ccc(CCCCC(=O)Nc2nc3ccc([N+](=O)[O-])cc3s2)cc1. The molecule has 0 aliphatic carbocycles. The molecule has 0 radical (unpaired) electrons. The molecule has 1 aromatic heterocycles. The molecule has 27 heavy (non-hydrogen) atoms. The molecule has 0 saturated carbocycles. The van der Waals surface area contributed by atoms with Gasteiger partial charge < -0.3 is 10.1 Å². The summed E-state index contributed by atoms with van der Waals surface area (Å²) in [4.78, 5) is 26.8. The number of unbranched alkanes of at least 4 members (excludes halogenated alkanes) is 1.